The third kappa shape index (κ3) is 2.48. The Bertz CT molecular complexity index is 788. The van der Waals surface area contributed by atoms with Crippen molar-refractivity contribution in [1.82, 2.24) is 15.0 Å². The Balaban J connectivity index is 1.78. The van der Waals surface area contributed by atoms with Crippen LogP contribution in [-0.2, 0) is 0 Å². The van der Waals surface area contributed by atoms with Crippen LogP contribution in [0.2, 0.25) is 5.02 Å². The van der Waals surface area contributed by atoms with Gasteiger partial charge in [-0.3, -0.25) is 0 Å². The molecule has 0 aromatic carbocycles. The summed E-state index contributed by atoms with van der Waals surface area (Å²) in [4.78, 5) is 13.1. The SMILES string of the molecule is Clc1ccsc1-c1c[nH]c2ncnc(NC3CCCCC3)c12. The molecule has 1 fully saturated rings. The van der Waals surface area contributed by atoms with E-state index in [2.05, 4.69) is 20.3 Å². The summed E-state index contributed by atoms with van der Waals surface area (Å²) in [5.41, 5.74) is 1.93. The molecule has 0 unspecified atom stereocenters. The Morgan fingerprint density at radius 3 is 2.86 bits per heavy atom. The molecule has 6 heteroatoms. The third-order valence-corrected chi connectivity index (χ3v) is 5.65. The van der Waals surface area contributed by atoms with Gasteiger partial charge in [-0.25, -0.2) is 9.97 Å². The first-order valence-electron chi connectivity index (χ1n) is 7.65. The maximum absolute atomic E-state index is 6.31. The molecule has 4 nitrogen and oxygen atoms in total. The van der Waals surface area contributed by atoms with E-state index in [1.54, 1.807) is 17.7 Å². The quantitative estimate of drug-likeness (QED) is 0.702. The van der Waals surface area contributed by atoms with Crippen molar-refractivity contribution in [2.24, 2.45) is 0 Å². The van der Waals surface area contributed by atoms with E-state index in [0.29, 0.717) is 6.04 Å². The van der Waals surface area contributed by atoms with Crippen LogP contribution in [0, 0.1) is 0 Å². The smallest absolute Gasteiger partial charge is 0.143 e. The van der Waals surface area contributed by atoms with Crippen LogP contribution in [0.15, 0.2) is 24.0 Å². The van der Waals surface area contributed by atoms with Gasteiger partial charge in [-0.1, -0.05) is 30.9 Å². The fourth-order valence-corrected chi connectivity index (χ4v) is 4.36. The Hall–Kier alpha value is -1.59. The molecule has 0 amide bonds. The molecule has 3 aromatic heterocycles. The second-order valence-electron chi connectivity index (χ2n) is 5.73. The van der Waals surface area contributed by atoms with Crippen LogP contribution in [0.1, 0.15) is 32.1 Å². The van der Waals surface area contributed by atoms with Crippen molar-refractivity contribution in [2.45, 2.75) is 38.1 Å². The monoisotopic (exact) mass is 332 g/mol. The highest BCUT2D eigenvalue weighted by Gasteiger charge is 2.19. The Labute approximate surface area is 137 Å². The molecule has 2 N–H and O–H groups in total. The number of halogens is 1. The average molecular weight is 333 g/mol. The van der Waals surface area contributed by atoms with Gasteiger partial charge in [0.15, 0.2) is 0 Å². The molecule has 0 bridgehead atoms. The molecule has 114 valence electrons. The zero-order chi connectivity index (χ0) is 14.9. The van der Waals surface area contributed by atoms with Crippen LogP contribution in [0.5, 0.6) is 0 Å². The van der Waals surface area contributed by atoms with Gasteiger partial charge in [0.1, 0.15) is 17.8 Å². The second-order valence-corrected chi connectivity index (χ2v) is 7.05. The molecule has 1 aliphatic rings. The summed E-state index contributed by atoms with van der Waals surface area (Å²) in [6.45, 7) is 0. The number of H-pyrrole nitrogens is 1. The molecular weight excluding hydrogens is 316 g/mol. The fraction of sp³-hybridized carbons (Fsp3) is 0.375. The minimum absolute atomic E-state index is 0.508. The highest BCUT2D eigenvalue weighted by Crippen LogP contribution is 2.39. The van der Waals surface area contributed by atoms with Gasteiger partial charge in [0, 0.05) is 17.8 Å². The molecule has 0 atom stereocenters. The molecule has 22 heavy (non-hydrogen) atoms. The lowest BCUT2D eigenvalue weighted by Crippen LogP contribution is -2.23. The van der Waals surface area contributed by atoms with Crippen LogP contribution in [-0.4, -0.2) is 21.0 Å². The number of nitrogens with one attached hydrogen (secondary N) is 2. The molecule has 3 aromatic rings. The van der Waals surface area contributed by atoms with E-state index in [-0.39, 0.29) is 0 Å². The maximum atomic E-state index is 6.31. The highest BCUT2D eigenvalue weighted by molar-refractivity contribution is 7.14. The van der Waals surface area contributed by atoms with Crippen LogP contribution in [0.3, 0.4) is 0 Å². The lowest BCUT2D eigenvalue weighted by molar-refractivity contribution is 0.462. The topological polar surface area (TPSA) is 53.6 Å². The van der Waals surface area contributed by atoms with Crippen LogP contribution >= 0.6 is 22.9 Å². The lowest BCUT2D eigenvalue weighted by atomic mass is 9.95. The van der Waals surface area contributed by atoms with Crippen molar-refractivity contribution in [3.63, 3.8) is 0 Å². The number of anilines is 1. The zero-order valence-corrected chi connectivity index (χ0v) is 13.7. The molecule has 0 saturated heterocycles. The minimum atomic E-state index is 0.508. The molecule has 0 aliphatic heterocycles. The van der Waals surface area contributed by atoms with E-state index in [1.165, 1.54) is 32.1 Å². The molecule has 4 rings (SSSR count). The summed E-state index contributed by atoms with van der Waals surface area (Å²) in [6, 6.07) is 2.44. The second kappa shape index (κ2) is 5.89. The van der Waals surface area contributed by atoms with Gasteiger partial charge in [0.05, 0.1) is 15.3 Å². The number of fused-ring (bicyclic) bond motifs is 1. The highest BCUT2D eigenvalue weighted by atomic mass is 35.5. The van der Waals surface area contributed by atoms with E-state index in [9.17, 15) is 0 Å². The number of aromatic amines is 1. The number of hydrogen-bond donors (Lipinski definition) is 2. The van der Waals surface area contributed by atoms with Crippen LogP contribution in [0.25, 0.3) is 21.5 Å². The van der Waals surface area contributed by atoms with Crippen molar-refractivity contribution in [3.8, 4) is 10.4 Å². The van der Waals surface area contributed by atoms with Crippen molar-refractivity contribution < 1.29 is 0 Å². The third-order valence-electron chi connectivity index (χ3n) is 4.28. The van der Waals surface area contributed by atoms with E-state index in [0.717, 1.165) is 32.3 Å². The Morgan fingerprint density at radius 1 is 1.23 bits per heavy atom. The average Bonchev–Trinajstić information content (AvgIpc) is 3.15. The summed E-state index contributed by atoms with van der Waals surface area (Å²) in [5.74, 6) is 0.914. The Kier molecular flexibility index (Phi) is 3.76. The summed E-state index contributed by atoms with van der Waals surface area (Å²) < 4.78 is 0. The molecule has 1 saturated carbocycles. The predicted molar refractivity (Wildman–Crippen MR) is 92.7 cm³/mol. The van der Waals surface area contributed by atoms with Crippen molar-refractivity contribution in [2.75, 3.05) is 5.32 Å². The Morgan fingerprint density at radius 2 is 2.09 bits per heavy atom. The molecule has 3 heterocycles. The number of hydrogen-bond acceptors (Lipinski definition) is 4. The first kappa shape index (κ1) is 14.0. The fourth-order valence-electron chi connectivity index (χ4n) is 3.18. The van der Waals surface area contributed by atoms with E-state index in [4.69, 9.17) is 11.6 Å². The lowest BCUT2D eigenvalue weighted by Gasteiger charge is -2.23. The van der Waals surface area contributed by atoms with Gasteiger partial charge in [-0.15, -0.1) is 11.3 Å². The summed E-state index contributed by atoms with van der Waals surface area (Å²) in [6.07, 6.45) is 9.95. The van der Waals surface area contributed by atoms with Crippen LogP contribution in [0.4, 0.5) is 5.82 Å². The molecule has 0 radical (unpaired) electrons. The van der Waals surface area contributed by atoms with E-state index < -0.39 is 0 Å². The van der Waals surface area contributed by atoms with Gasteiger partial charge in [0.2, 0.25) is 0 Å². The summed E-state index contributed by atoms with van der Waals surface area (Å²) in [7, 11) is 0. The minimum Gasteiger partial charge on any atom is -0.367 e. The zero-order valence-electron chi connectivity index (χ0n) is 12.1. The van der Waals surface area contributed by atoms with Gasteiger partial charge >= 0.3 is 0 Å². The standard InChI is InChI=1S/C16H17ClN4S/c17-12-6-7-22-14(12)11-8-18-15-13(11)16(20-9-19-15)21-10-4-2-1-3-5-10/h6-10H,1-5H2,(H2,18,19,20,21). The van der Waals surface area contributed by atoms with Gasteiger partial charge in [-0.2, -0.15) is 0 Å². The molecule has 1 aliphatic carbocycles. The molecule has 0 spiro atoms. The number of rotatable bonds is 3. The van der Waals surface area contributed by atoms with Gasteiger partial charge < -0.3 is 10.3 Å². The van der Waals surface area contributed by atoms with Crippen molar-refractivity contribution in [1.29, 1.82) is 0 Å². The molecular formula is C16H17ClN4S. The largest absolute Gasteiger partial charge is 0.367 e. The summed E-state index contributed by atoms with van der Waals surface area (Å²) >= 11 is 7.95. The van der Waals surface area contributed by atoms with Crippen LogP contribution < -0.4 is 5.32 Å². The first-order chi connectivity index (χ1) is 10.8. The predicted octanol–water partition coefficient (Wildman–Crippen LogP) is 5.08. The van der Waals surface area contributed by atoms with Gasteiger partial charge in [-0.05, 0) is 24.3 Å². The number of aromatic nitrogens is 3. The number of nitrogens with zero attached hydrogens (tertiary/aromatic N) is 2. The van der Waals surface area contributed by atoms with Crippen molar-refractivity contribution in [3.05, 3.63) is 29.0 Å². The van der Waals surface area contributed by atoms with Gasteiger partial charge in [0.25, 0.3) is 0 Å². The van der Waals surface area contributed by atoms with E-state index >= 15 is 0 Å². The maximum Gasteiger partial charge on any atom is 0.143 e. The first-order valence-corrected chi connectivity index (χ1v) is 8.90. The number of thiophene rings is 1. The van der Waals surface area contributed by atoms with Crippen molar-refractivity contribution >= 4 is 39.8 Å². The normalized spacial score (nSPS) is 16.2. The van der Waals surface area contributed by atoms with E-state index in [1.807, 2.05) is 17.6 Å². The summed E-state index contributed by atoms with van der Waals surface area (Å²) in [5, 5.41) is 7.45.